The van der Waals surface area contributed by atoms with Gasteiger partial charge in [-0.25, -0.2) is 0 Å². The molecule has 1 rings (SSSR count). The zero-order valence-electron chi connectivity index (χ0n) is 10.3. The molecule has 0 saturated carbocycles. The molecule has 0 bridgehead atoms. The Labute approximate surface area is 93.5 Å². The van der Waals surface area contributed by atoms with Gasteiger partial charge in [0.25, 0.3) is 0 Å². The summed E-state index contributed by atoms with van der Waals surface area (Å²) in [5, 5.41) is 6.76. The topological polar surface area (TPSA) is 24.8 Å². The molecule has 1 aliphatic rings. The van der Waals surface area contributed by atoms with Crippen LogP contribution in [0.3, 0.4) is 0 Å². The van der Waals surface area contributed by atoms with Gasteiger partial charge in [0.2, 0.25) is 0 Å². The van der Waals surface area contributed by atoms with Crippen molar-refractivity contribution in [1.29, 1.82) is 0 Å². The van der Waals surface area contributed by atoms with E-state index in [1.165, 1.54) is 25.7 Å². The van der Waals surface area contributed by atoms with Gasteiger partial charge in [-0.3, -0.25) is 5.01 Å². The molecule has 88 valence electrons. The summed E-state index contributed by atoms with van der Waals surface area (Å²) in [5.74, 6) is 0.596. The molecule has 2 unspecified atom stereocenters. The molecule has 0 aliphatic carbocycles. The minimum absolute atomic E-state index is 0.500. The van der Waals surface area contributed by atoms with E-state index in [1.807, 2.05) is 0 Å². The first-order valence-electron chi connectivity index (χ1n) is 6.07. The molecular formula is C12H24N2O. The van der Waals surface area contributed by atoms with Crippen LogP contribution in [0.25, 0.3) is 0 Å². The lowest BCUT2D eigenvalue weighted by Gasteiger charge is -2.20. The second kappa shape index (κ2) is 6.83. The molecule has 0 aromatic rings. The lowest BCUT2D eigenvalue weighted by atomic mass is 10.1. The van der Waals surface area contributed by atoms with Crippen LogP contribution in [0.4, 0.5) is 0 Å². The molecule has 0 N–H and O–H groups in total. The van der Waals surface area contributed by atoms with Crippen LogP contribution < -0.4 is 0 Å². The van der Waals surface area contributed by atoms with Crippen LogP contribution in [0.5, 0.6) is 0 Å². The Bertz CT molecular complexity index is 194. The van der Waals surface area contributed by atoms with Crippen LogP contribution in [-0.2, 0) is 4.74 Å². The molecule has 1 aliphatic heterocycles. The summed E-state index contributed by atoms with van der Waals surface area (Å²) >= 11 is 0. The highest BCUT2D eigenvalue weighted by Gasteiger charge is 2.22. The van der Waals surface area contributed by atoms with Gasteiger partial charge >= 0.3 is 0 Å². The summed E-state index contributed by atoms with van der Waals surface area (Å²) in [6.07, 6.45) is 7.01. The van der Waals surface area contributed by atoms with Gasteiger partial charge in [0.05, 0.1) is 12.6 Å². The highest BCUT2D eigenvalue weighted by Crippen LogP contribution is 2.17. The first kappa shape index (κ1) is 12.5. The van der Waals surface area contributed by atoms with Gasteiger partial charge in [-0.1, -0.05) is 20.3 Å². The van der Waals surface area contributed by atoms with Crippen molar-refractivity contribution in [1.82, 2.24) is 5.01 Å². The van der Waals surface area contributed by atoms with E-state index in [0.717, 1.165) is 13.2 Å². The number of hydrogen-bond donors (Lipinski definition) is 0. The van der Waals surface area contributed by atoms with Crippen molar-refractivity contribution in [2.24, 2.45) is 11.0 Å². The quantitative estimate of drug-likeness (QED) is 0.632. The van der Waals surface area contributed by atoms with Crippen molar-refractivity contribution in [2.75, 3.05) is 20.3 Å². The Hall–Kier alpha value is -0.570. The van der Waals surface area contributed by atoms with Crippen LogP contribution in [0, 0.1) is 5.92 Å². The number of nitrogens with zero attached hydrogens (tertiary/aromatic N) is 2. The van der Waals surface area contributed by atoms with E-state index in [2.05, 4.69) is 30.2 Å². The first-order chi connectivity index (χ1) is 7.27. The monoisotopic (exact) mass is 212 g/mol. The molecule has 3 heteroatoms. The van der Waals surface area contributed by atoms with E-state index in [1.54, 1.807) is 7.11 Å². The number of rotatable bonds is 6. The highest BCUT2D eigenvalue weighted by atomic mass is 16.5. The number of hydrogen-bond acceptors (Lipinski definition) is 3. The predicted molar refractivity (Wildman–Crippen MR) is 64.2 cm³/mol. The van der Waals surface area contributed by atoms with Crippen LogP contribution in [0.15, 0.2) is 5.10 Å². The van der Waals surface area contributed by atoms with Gasteiger partial charge in [-0.05, 0) is 25.2 Å². The Balaban J connectivity index is 2.35. The highest BCUT2D eigenvalue weighted by molar-refractivity contribution is 5.59. The molecule has 0 radical (unpaired) electrons. The standard InChI is InChI=1S/C12H24N2O/c1-4-6-11(2)9-13-14-8-5-7-12(14)10-15-3/h9,11-12H,4-8,10H2,1-3H3/b13-9+. The first-order valence-corrected chi connectivity index (χ1v) is 6.07. The molecular weight excluding hydrogens is 188 g/mol. The predicted octanol–water partition coefficient (Wildman–Crippen LogP) is 2.52. The van der Waals surface area contributed by atoms with Crippen molar-refractivity contribution in [3.8, 4) is 0 Å². The molecule has 0 amide bonds. The largest absolute Gasteiger partial charge is 0.382 e. The van der Waals surface area contributed by atoms with Crippen LogP contribution in [-0.4, -0.2) is 37.5 Å². The van der Waals surface area contributed by atoms with Crippen molar-refractivity contribution in [3.05, 3.63) is 0 Å². The maximum absolute atomic E-state index is 5.19. The Morgan fingerprint density at radius 3 is 3.07 bits per heavy atom. The molecule has 0 aromatic carbocycles. The fourth-order valence-corrected chi connectivity index (χ4v) is 2.06. The average molecular weight is 212 g/mol. The second-order valence-electron chi connectivity index (χ2n) is 4.44. The fourth-order valence-electron chi connectivity index (χ4n) is 2.06. The zero-order valence-corrected chi connectivity index (χ0v) is 10.3. The van der Waals surface area contributed by atoms with E-state index in [0.29, 0.717) is 12.0 Å². The number of ether oxygens (including phenoxy) is 1. The zero-order chi connectivity index (χ0) is 11.1. The minimum atomic E-state index is 0.500. The third-order valence-electron chi connectivity index (χ3n) is 2.92. The van der Waals surface area contributed by atoms with Gasteiger partial charge < -0.3 is 4.74 Å². The van der Waals surface area contributed by atoms with Gasteiger partial charge in [0.1, 0.15) is 0 Å². The Morgan fingerprint density at radius 2 is 2.40 bits per heavy atom. The van der Waals surface area contributed by atoms with Gasteiger partial charge in [0.15, 0.2) is 0 Å². The third kappa shape index (κ3) is 4.20. The summed E-state index contributed by atoms with van der Waals surface area (Å²) < 4.78 is 5.19. The van der Waals surface area contributed by atoms with Crippen LogP contribution >= 0.6 is 0 Å². The van der Waals surface area contributed by atoms with Crippen LogP contribution in [0.1, 0.15) is 39.5 Å². The van der Waals surface area contributed by atoms with Gasteiger partial charge in [-0.15, -0.1) is 0 Å². The molecule has 1 fully saturated rings. The van der Waals surface area contributed by atoms with Crippen molar-refractivity contribution in [2.45, 2.75) is 45.6 Å². The molecule has 15 heavy (non-hydrogen) atoms. The Kier molecular flexibility index (Phi) is 5.69. The summed E-state index contributed by atoms with van der Waals surface area (Å²) in [6, 6.07) is 0.500. The SMILES string of the molecule is CCCC(C)/C=N/N1CCCC1COC. The van der Waals surface area contributed by atoms with Gasteiger partial charge in [-0.2, -0.15) is 5.10 Å². The van der Waals surface area contributed by atoms with E-state index < -0.39 is 0 Å². The molecule has 1 saturated heterocycles. The maximum Gasteiger partial charge on any atom is 0.0704 e. The molecule has 3 nitrogen and oxygen atoms in total. The molecule has 1 heterocycles. The van der Waals surface area contributed by atoms with E-state index in [-0.39, 0.29) is 0 Å². The van der Waals surface area contributed by atoms with E-state index >= 15 is 0 Å². The number of hydrazone groups is 1. The molecule has 0 spiro atoms. The third-order valence-corrected chi connectivity index (χ3v) is 2.92. The summed E-state index contributed by atoms with van der Waals surface area (Å²) in [7, 11) is 1.76. The van der Waals surface area contributed by atoms with Crippen LogP contribution in [0.2, 0.25) is 0 Å². The normalized spacial score (nSPS) is 23.9. The maximum atomic E-state index is 5.19. The molecule has 2 atom stereocenters. The van der Waals surface area contributed by atoms with Crippen molar-refractivity contribution >= 4 is 6.21 Å². The van der Waals surface area contributed by atoms with Crippen molar-refractivity contribution in [3.63, 3.8) is 0 Å². The summed E-state index contributed by atoms with van der Waals surface area (Å²) in [4.78, 5) is 0. The number of methoxy groups -OCH3 is 1. The van der Waals surface area contributed by atoms with E-state index in [9.17, 15) is 0 Å². The smallest absolute Gasteiger partial charge is 0.0704 e. The molecule has 0 aromatic heterocycles. The second-order valence-corrected chi connectivity index (χ2v) is 4.44. The summed E-state index contributed by atoms with van der Waals surface area (Å²) in [6.45, 7) is 6.34. The fraction of sp³-hybridized carbons (Fsp3) is 0.917. The average Bonchev–Trinajstić information content (AvgIpc) is 2.64. The van der Waals surface area contributed by atoms with Crippen molar-refractivity contribution < 1.29 is 4.74 Å². The van der Waals surface area contributed by atoms with Gasteiger partial charge in [0, 0.05) is 19.9 Å². The lowest BCUT2D eigenvalue weighted by Crippen LogP contribution is -2.28. The lowest BCUT2D eigenvalue weighted by molar-refractivity contribution is 0.118. The Morgan fingerprint density at radius 1 is 1.60 bits per heavy atom. The van der Waals surface area contributed by atoms with E-state index in [4.69, 9.17) is 4.74 Å². The summed E-state index contributed by atoms with van der Waals surface area (Å²) in [5.41, 5.74) is 0. The minimum Gasteiger partial charge on any atom is -0.382 e.